The lowest BCUT2D eigenvalue weighted by Crippen LogP contribution is -2.08. The van der Waals surface area contributed by atoms with Crippen LogP contribution >= 0.6 is 23.1 Å². The molecule has 172 valence electrons. The maximum Gasteiger partial charge on any atom is 0.234 e. The van der Waals surface area contributed by atoms with Crippen LogP contribution < -0.4 is 4.74 Å². The SMILES string of the molecule is O=S(=O)(Cc1ncns1)c1cc(F)c(Oc2ccc(Cl)cc2-c2ccnc3nccn23)cc1F. The van der Waals surface area contributed by atoms with Crippen LogP contribution in [0.5, 0.6) is 11.5 Å². The maximum absolute atomic E-state index is 14.9. The third kappa shape index (κ3) is 4.22. The number of fused-ring (bicyclic) bond motifs is 1. The molecule has 0 unspecified atom stereocenters. The molecule has 0 spiro atoms. The Bertz CT molecular complexity index is 1630. The summed E-state index contributed by atoms with van der Waals surface area (Å²) in [7, 11) is -4.20. The van der Waals surface area contributed by atoms with Crippen molar-refractivity contribution in [2.75, 3.05) is 0 Å². The molecule has 2 aromatic carbocycles. The number of aromatic nitrogens is 5. The van der Waals surface area contributed by atoms with Gasteiger partial charge in [-0.25, -0.2) is 32.2 Å². The van der Waals surface area contributed by atoms with Crippen molar-refractivity contribution in [1.29, 1.82) is 0 Å². The third-order valence-electron chi connectivity index (χ3n) is 4.78. The zero-order chi connectivity index (χ0) is 23.9. The number of hydrogen-bond donors (Lipinski definition) is 0. The number of halogens is 3. The van der Waals surface area contributed by atoms with E-state index in [1.165, 1.54) is 18.5 Å². The molecule has 0 saturated heterocycles. The highest BCUT2D eigenvalue weighted by atomic mass is 35.5. The van der Waals surface area contributed by atoms with E-state index in [4.69, 9.17) is 16.3 Å². The lowest BCUT2D eigenvalue weighted by molar-refractivity contribution is 0.433. The Morgan fingerprint density at radius 3 is 2.62 bits per heavy atom. The van der Waals surface area contributed by atoms with Crippen molar-refractivity contribution in [2.24, 2.45) is 0 Å². The minimum absolute atomic E-state index is 0.161. The van der Waals surface area contributed by atoms with E-state index < -0.39 is 37.9 Å². The van der Waals surface area contributed by atoms with Crippen LogP contribution in [-0.4, -0.2) is 32.1 Å². The highest BCUT2D eigenvalue weighted by Gasteiger charge is 2.25. The Morgan fingerprint density at radius 1 is 1.00 bits per heavy atom. The van der Waals surface area contributed by atoms with Gasteiger partial charge in [0.2, 0.25) is 5.78 Å². The van der Waals surface area contributed by atoms with Crippen molar-refractivity contribution in [3.8, 4) is 22.8 Å². The third-order valence-corrected chi connectivity index (χ3v) is 7.50. The maximum atomic E-state index is 14.9. The van der Waals surface area contributed by atoms with Crippen LogP contribution in [0.1, 0.15) is 5.01 Å². The summed E-state index contributed by atoms with van der Waals surface area (Å²) in [5, 5.41) is 0.548. The first-order chi connectivity index (χ1) is 16.3. The van der Waals surface area contributed by atoms with Crippen LogP contribution in [0.25, 0.3) is 17.0 Å². The number of sulfone groups is 1. The van der Waals surface area contributed by atoms with Crippen LogP contribution in [0.4, 0.5) is 8.78 Å². The van der Waals surface area contributed by atoms with Crippen LogP contribution in [0.2, 0.25) is 5.02 Å². The van der Waals surface area contributed by atoms with Gasteiger partial charge in [-0.05, 0) is 41.9 Å². The second-order valence-electron chi connectivity index (χ2n) is 6.98. The molecule has 0 atom stereocenters. The number of rotatable bonds is 6. The summed E-state index contributed by atoms with van der Waals surface area (Å²) >= 11 is 7.03. The van der Waals surface area contributed by atoms with Crippen molar-refractivity contribution in [3.63, 3.8) is 0 Å². The second kappa shape index (κ2) is 8.70. The van der Waals surface area contributed by atoms with Crippen LogP contribution in [-0.2, 0) is 15.6 Å². The molecule has 0 saturated carbocycles. The first-order valence-electron chi connectivity index (χ1n) is 9.55. The minimum Gasteiger partial charge on any atom is -0.453 e. The molecule has 0 fully saturated rings. The van der Waals surface area contributed by atoms with Crippen molar-refractivity contribution < 1.29 is 21.9 Å². The molecule has 0 aliphatic carbocycles. The van der Waals surface area contributed by atoms with E-state index in [2.05, 4.69) is 19.3 Å². The van der Waals surface area contributed by atoms with Gasteiger partial charge in [-0.15, -0.1) is 0 Å². The number of ether oxygens (including phenoxy) is 1. The van der Waals surface area contributed by atoms with Gasteiger partial charge in [0.15, 0.2) is 21.4 Å². The fourth-order valence-corrected chi connectivity index (χ4v) is 5.64. The zero-order valence-electron chi connectivity index (χ0n) is 16.9. The monoisotopic (exact) mass is 519 g/mol. The molecule has 34 heavy (non-hydrogen) atoms. The van der Waals surface area contributed by atoms with Crippen LogP contribution in [0, 0.1) is 11.6 Å². The van der Waals surface area contributed by atoms with E-state index in [0.717, 1.165) is 11.5 Å². The lowest BCUT2D eigenvalue weighted by atomic mass is 10.1. The lowest BCUT2D eigenvalue weighted by Gasteiger charge is -2.14. The molecule has 0 bridgehead atoms. The molecule has 3 heterocycles. The Kier molecular flexibility index (Phi) is 5.71. The second-order valence-corrected chi connectivity index (χ2v) is 10.2. The largest absolute Gasteiger partial charge is 0.453 e. The first kappa shape index (κ1) is 22.3. The normalized spacial score (nSPS) is 11.7. The molecule has 5 aromatic rings. The van der Waals surface area contributed by atoms with E-state index in [1.807, 2.05) is 0 Å². The zero-order valence-corrected chi connectivity index (χ0v) is 19.3. The molecule has 13 heteroatoms. The van der Waals surface area contributed by atoms with E-state index in [1.54, 1.807) is 35.1 Å². The van der Waals surface area contributed by atoms with E-state index in [-0.39, 0.29) is 10.8 Å². The molecule has 0 aliphatic rings. The highest BCUT2D eigenvalue weighted by molar-refractivity contribution is 7.90. The van der Waals surface area contributed by atoms with Gasteiger partial charge in [0.25, 0.3) is 0 Å². The van der Waals surface area contributed by atoms with Crippen LogP contribution in [0.15, 0.2) is 66.2 Å². The first-order valence-corrected chi connectivity index (χ1v) is 12.4. The van der Waals surface area contributed by atoms with Crippen molar-refractivity contribution in [3.05, 3.63) is 83.0 Å². The molecule has 0 amide bonds. The van der Waals surface area contributed by atoms with Gasteiger partial charge in [0.1, 0.15) is 33.6 Å². The summed E-state index contributed by atoms with van der Waals surface area (Å²) in [5.41, 5.74) is 1.06. The quantitative estimate of drug-likeness (QED) is 0.313. The van der Waals surface area contributed by atoms with Gasteiger partial charge in [-0.2, -0.15) is 4.37 Å². The van der Waals surface area contributed by atoms with E-state index >= 15 is 0 Å². The predicted molar refractivity (Wildman–Crippen MR) is 121 cm³/mol. The minimum atomic E-state index is -4.20. The summed E-state index contributed by atoms with van der Waals surface area (Å²) in [6, 6.07) is 7.60. The van der Waals surface area contributed by atoms with Gasteiger partial charge in [0, 0.05) is 35.2 Å². The Balaban J connectivity index is 1.54. The Labute approximate surface area is 200 Å². The average molecular weight is 520 g/mol. The molecular weight excluding hydrogens is 508 g/mol. The standard InChI is InChI=1S/C21H12ClF2N5O3S2/c22-12-1-2-17(13(7-12)16-3-4-25-21-26-5-6-29(16)21)32-18-8-15(24)19(9-14(18)23)34(30,31)10-20-27-11-28-33-20/h1-9,11H,10H2. The topological polar surface area (TPSA) is 99.3 Å². The van der Waals surface area contributed by atoms with E-state index in [0.29, 0.717) is 34.2 Å². The van der Waals surface area contributed by atoms with Crippen molar-refractivity contribution >= 4 is 38.7 Å². The summed E-state index contributed by atoms with van der Waals surface area (Å²) in [5.74, 6) is -2.72. The summed E-state index contributed by atoms with van der Waals surface area (Å²) in [6.45, 7) is 0. The molecule has 0 aliphatic heterocycles. The average Bonchev–Trinajstić information content (AvgIpc) is 3.48. The van der Waals surface area contributed by atoms with Gasteiger partial charge in [-0.1, -0.05) is 11.6 Å². The fraction of sp³-hybridized carbons (Fsp3) is 0.0476. The molecule has 3 aromatic heterocycles. The van der Waals surface area contributed by atoms with Gasteiger partial charge in [-0.3, -0.25) is 4.40 Å². The summed E-state index contributed by atoms with van der Waals surface area (Å²) in [4.78, 5) is 11.3. The van der Waals surface area contributed by atoms with Crippen molar-refractivity contribution in [1.82, 2.24) is 23.7 Å². The number of hydrogen-bond acceptors (Lipinski definition) is 8. The summed E-state index contributed by atoms with van der Waals surface area (Å²) < 4.78 is 66.0. The van der Waals surface area contributed by atoms with E-state index in [9.17, 15) is 17.2 Å². The smallest absolute Gasteiger partial charge is 0.234 e. The molecular formula is C21H12ClF2N5O3S2. The number of nitrogens with zero attached hydrogens (tertiary/aromatic N) is 5. The molecule has 0 N–H and O–H groups in total. The van der Waals surface area contributed by atoms with Gasteiger partial charge in [0.05, 0.1) is 5.69 Å². The molecule has 5 rings (SSSR count). The predicted octanol–water partition coefficient (Wildman–Crippen LogP) is 4.95. The Morgan fingerprint density at radius 2 is 1.82 bits per heavy atom. The molecule has 0 radical (unpaired) electrons. The number of imidazole rings is 1. The van der Waals surface area contributed by atoms with Gasteiger partial charge >= 0.3 is 0 Å². The van der Waals surface area contributed by atoms with Gasteiger partial charge < -0.3 is 4.74 Å². The highest BCUT2D eigenvalue weighted by Crippen LogP contribution is 2.37. The number of benzene rings is 2. The Hall–Kier alpha value is -3.48. The fourth-order valence-electron chi connectivity index (χ4n) is 3.29. The molecule has 8 nitrogen and oxygen atoms in total. The van der Waals surface area contributed by atoms with Crippen LogP contribution in [0.3, 0.4) is 0 Å². The van der Waals surface area contributed by atoms with Crippen molar-refractivity contribution in [2.45, 2.75) is 10.6 Å². The summed E-state index contributed by atoms with van der Waals surface area (Å²) in [6.07, 6.45) is 5.97.